The van der Waals surface area contributed by atoms with E-state index >= 15 is 0 Å². The number of aryl methyl sites for hydroxylation is 2. The first-order chi connectivity index (χ1) is 19.4. The van der Waals surface area contributed by atoms with Crippen LogP contribution in [0.15, 0.2) is 72.0 Å². The molecule has 0 saturated heterocycles. The van der Waals surface area contributed by atoms with Crippen molar-refractivity contribution in [1.82, 2.24) is 0 Å². The maximum atomic E-state index is 11.4. The summed E-state index contributed by atoms with van der Waals surface area (Å²) in [5.41, 5.74) is 8.44. The van der Waals surface area contributed by atoms with E-state index in [0.29, 0.717) is 25.1 Å². The molecule has 0 bridgehead atoms. The molecule has 0 radical (unpaired) electrons. The fourth-order valence-corrected chi connectivity index (χ4v) is 5.93. The lowest BCUT2D eigenvalue weighted by Crippen LogP contribution is -2.29. The van der Waals surface area contributed by atoms with E-state index in [9.17, 15) is 20.0 Å². The first-order valence-corrected chi connectivity index (χ1v) is 13.8. The van der Waals surface area contributed by atoms with Crippen molar-refractivity contribution < 1.29 is 24.0 Å². The molecular weight excluding hydrogens is 514 g/mol. The van der Waals surface area contributed by atoms with E-state index in [1.807, 2.05) is 37.3 Å². The van der Waals surface area contributed by atoms with Gasteiger partial charge in [-0.3, -0.25) is 9.59 Å². The van der Waals surface area contributed by atoms with Gasteiger partial charge in [-0.1, -0.05) is 43.2 Å². The predicted molar refractivity (Wildman–Crippen MR) is 161 cm³/mol. The molecule has 2 aliphatic rings. The lowest BCUT2D eigenvalue weighted by atomic mass is 9.80. The number of hydrogen-bond donors (Lipinski definition) is 1. The van der Waals surface area contributed by atoms with Crippen molar-refractivity contribution >= 4 is 29.5 Å². The summed E-state index contributed by atoms with van der Waals surface area (Å²) in [6.45, 7) is 14.2. The first-order valence-electron chi connectivity index (χ1n) is 13.8. The van der Waals surface area contributed by atoms with E-state index < -0.39 is 5.97 Å². The summed E-state index contributed by atoms with van der Waals surface area (Å²) >= 11 is 0. The number of anilines is 1. The second-order valence-corrected chi connectivity index (χ2v) is 11.7. The Labute approximate surface area is 242 Å². The van der Waals surface area contributed by atoms with Crippen molar-refractivity contribution in [3.05, 3.63) is 94.2 Å². The van der Waals surface area contributed by atoms with Crippen LogP contribution in [0.3, 0.4) is 0 Å². The summed E-state index contributed by atoms with van der Waals surface area (Å²) < 4.78 is 7.07. The van der Waals surface area contributed by atoms with Crippen molar-refractivity contribution in [3.8, 4) is 6.07 Å². The monoisotopic (exact) mass is 552 g/mol. The molecule has 2 aliphatic heterocycles. The molecule has 7 heteroatoms. The highest BCUT2D eigenvalue weighted by Crippen LogP contribution is 2.48. The molecule has 0 unspecified atom stereocenters. The van der Waals surface area contributed by atoms with Crippen molar-refractivity contribution in [1.29, 1.82) is 5.26 Å². The molecule has 2 aromatic rings. The van der Waals surface area contributed by atoms with Crippen LogP contribution in [0.2, 0.25) is 0 Å². The number of aliphatic carboxylic acids is 1. The highest BCUT2D eigenvalue weighted by molar-refractivity contribution is 6.03. The Hall–Kier alpha value is -4.44. The van der Waals surface area contributed by atoms with Gasteiger partial charge in [0.2, 0.25) is 5.69 Å². The third-order valence-corrected chi connectivity index (χ3v) is 8.12. The van der Waals surface area contributed by atoms with Crippen molar-refractivity contribution in [3.63, 3.8) is 0 Å². The molecule has 0 atom stereocenters. The average Bonchev–Trinajstić information content (AvgIpc) is 3.25. The molecule has 1 N–H and O–H groups in total. The average molecular weight is 553 g/mol. The molecule has 2 aromatic carbocycles. The Bertz CT molecular complexity index is 1550. The zero-order valence-electron chi connectivity index (χ0n) is 24.7. The zero-order valence-corrected chi connectivity index (χ0v) is 24.7. The Morgan fingerprint density at radius 2 is 1.76 bits per heavy atom. The summed E-state index contributed by atoms with van der Waals surface area (Å²) in [5.74, 6) is -0.852. The molecule has 0 spiro atoms. The SMILES string of the molecule is Cc1ccc2c(c1)C(C)(C)C(=CC=C(C#N)C=CC1=[N+](CCC(=O)O)c3ccc(C)cc3C1(C)C)N2CCOC=O. The highest BCUT2D eigenvalue weighted by Gasteiger charge is 2.44. The molecule has 4 rings (SSSR count). The molecule has 0 saturated carbocycles. The summed E-state index contributed by atoms with van der Waals surface area (Å²) in [7, 11) is 0. The molecular formula is C34H38N3O4+. The Balaban J connectivity index is 1.73. The normalized spacial score (nSPS) is 18.0. The van der Waals surface area contributed by atoms with Gasteiger partial charge in [-0.05, 0) is 63.6 Å². The number of carbonyl (C=O) groups is 2. The predicted octanol–water partition coefficient (Wildman–Crippen LogP) is 6.02. The smallest absolute Gasteiger partial charge is 0.309 e. The quantitative estimate of drug-likeness (QED) is 0.127. The minimum atomic E-state index is -0.852. The number of carbonyl (C=O) groups excluding carboxylic acids is 1. The zero-order chi connectivity index (χ0) is 29.9. The van der Waals surface area contributed by atoms with Gasteiger partial charge in [0.15, 0.2) is 12.3 Å². The van der Waals surface area contributed by atoms with Gasteiger partial charge in [-0.2, -0.15) is 9.84 Å². The van der Waals surface area contributed by atoms with Gasteiger partial charge >= 0.3 is 5.97 Å². The van der Waals surface area contributed by atoms with Crippen LogP contribution in [0, 0.1) is 25.2 Å². The summed E-state index contributed by atoms with van der Waals surface area (Å²) in [6, 6.07) is 14.9. The minimum absolute atomic E-state index is 0.00650. The highest BCUT2D eigenvalue weighted by atomic mass is 16.5. The van der Waals surface area contributed by atoms with E-state index in [-0.39, 0.29) is 23.9 Å². The molecule has 0 amide bonds. The van der Waals surface area contributed by atoms with Crippen LogP contribution in [0.1, 0.15) is 56.4 Å². The van der Waals surface area contributed by atoms with Gasteiger partial charge in [0.25, 0.3) is 6.47 Å². The van der Waals surface area contributed by atoms with E-state index in [0.717, 1.165) is 33.9 Å². The van der Waals surface area contributed by atoms with Crippen molar-refractivity contribution in [2.75, 3.05) is 24.6 Å². The van der Waals surface area contributed by atoms with Crippen molar-refractivity contribution in [2.45, 2.75) is 58.8 Å². The van der Waals surface area contributed by atoms with Crippen LogP contribution in [-0.2, 0) is 25.2 Å². The molecule has 0 aromatic heterocycles. The second-order valence-electron chi connectivity index (χ2n) is 11.7. The minimum Gasteiger partial charge on any atom is -0.481 e. The molecule has 212 valence electrons. The number of allylic oxidation sites excluding steroid dienone is 6. The maximum absolute atomic E-state index is 11.4. The Morgan fingerprint density at radius 3 is 2.41 bits per heavy atom. The largest absolute Gasteiger partial charge is 0.481 e. The van der Waals surface area contributed by atoms with E-state index in [2.05, 4.69) is 74.4 Å². The van der Waals surface area contributed by atoms with Crippen LogP contribution in [0.5, 0.6) is 0 Å². The lowest BCUT2D eigenvalue weighted by Gasteiger charge is -2.26. The van der Waals surface area contributed by atoms with E-state index in [1.54, 1.807) is 6.08 Å². The number of carboxylic acid groups (broad SMARTS) is 1. The van der Waals surface area contributed by atoms with Gasteiger partial charge in [0.1, 0.15) is 13.0 Å². The molecule has 2 heterocycles. The summed E-state index contributed by atoms with van der Waals surface area (Å²) in [4.78, 5) is 24.4. The fraction of sp³-hybridized carbons (Fsp3) is 0.353. The van der Waals surface area contributed by atoms with Crippen LogP contribution in [0.25, 0.3) is 0 Å². The topological polar surface area (TPSA) is 93.6 Å². The molecule has 0 fully saturated rings. The number of nitriles is 1. The van der Waals surface area contributed by atoms with Gasteiger partial charge in [0, 0.05) is 34.5 Å². The number of ether oxygens (including phenoxy) is 1. The van der Waals surface area contributed by atoms with Crippen LogP contribution >= 0.6 is 0 Å². The number of benzene rings is 2. The molecule has 0 aliphatic carbocycles. The van der Waals surface area contributed by atoms with Gasteiger partial charge < -0.3 is 14.7 Å². The van der Waals surface area contributed by atoms with E-state index in [1.165, 1.54) is 11.1 Å². The molecule has 7 nitrogen and oxygen atoms in total. The number of fused-ring (bicyclic) bond motifs is 2. The molecule has 41 heavy (non-hydrogen) atoms. The fourth-order valence-electron chi connectivity index (χ4n) is 5.93. The number of carboxylic acids is 1. The van der Waals surface area contributed by atoms with Gasteiger partial charge in [-0.15, -0.1) is 0 Å². The third kappa shape index (κ3) is 5.74. The van der Waals surface area contributed by atoms with E-state index in [4.69, 9.17) is 4.74 Å². The Kier molecular flexibility index (Phi) is 8.34. The van der Waals surface area contributed by atoms with Crippen LogP contribution < -0.4 is 4.90 Å². The third-order valence-electron chi connectivity index (χ3n) is 8.12. The number of rotatable bonds is 10. The lowest BCUT2D eigenvalue weighted by molar-refractivity contribution is -0.436. The van der Waals surface area contributed by atoms with Gasteiger partial charge in [-0.25, -0.2) is 0 Å². The maximum Gasteiger partial charge on any atom is 0.309 e. The summed E-state index contributed by atoms with van der Waals surface area (Å²) in [5, 5.41) is 19.4. The standard InChI is InChI=1S/C34H37N3O4/c1-23-7-11-28-26(19-23)33(3,4)30(36(28)16-15-32(39)40)13-9-25(21-35)10-14-31-34(5,6)27-20-24(2)8-12-29(27)37(31)17-18-41-22-38/h7-14,19-20,22H,15-18H2,1-6H3/p+1. The summed E-state index contributed by atoms with van der Waals surface area (Å²) in [6.07, 6.45) is 7.55. The number of nitrogens with zero attached hydrogens (tertiary/aromatic N) is 3. The van der Waals surface area contributed by atoms with Gasteiger partial charge in [0.05, 0.1) is 23.6 Å². The first kappa shape index (κ1) is 29.5. The van der Waals surface area contributed by atoms with Crippen LogP contribution in [0.4, 0.5) is 11.4 Å². The second kappa shape index (κ2) is 11.6. The van der Waals surface area contributed by atoms with Crippen LogP contribution in [-0.4, -0.2) is 47.5 Å². The number of hydrogen-bond acceptors (Lipinski definition) is 5. The van der Waals surface area contributed by atoms with Crippen molar-refractivity contribution in [2.24, 2.45) is 0 Å². The Morgan fingerprint density at radius 1 is 1.07 bits per heavy atom.